The molecule has 1 heterocycles. The van der Waals surface area contributed by atoms with E-state index in [4.69, 9.17) is 9.47 Å². The largest absolute Gasteiger partial charge is 0.492 e. The first-order chi connectivity index (χ1) is 23.1. The van der Waals surface area contributed by atoms with Gasteiger partial charge < -0.3 is 34.9 Å². The molecule has 0 bridgehead atoms. The molecular weight excluding hydrogens is 608 g/mol. The van der Waals surface area contributed by atoms with Gasteiger partial charge in [-0.15, -0.1) is 0 Å². The van der Waals surface area contributed by atoms with E-state index in [1.54, 1.807) is 6.20 Å². The summed E-state index contributed by atoms with van der Waals surface area (Å²) in [5.41, 5.74) is 2.94. The number of imidazole rings is 1. The van der Waals surface area contributed by atoms with Crippen molar-refractivity contribution in [2.24, 2.45) is 0 Å². The van der Waals surface area contributed by atoms with Crippen LogP contribution in [0.1, 0.15) is 42.1 Å². The Morgan fingerprint density at radius 1 is 0.896 bits per heavy atom. The second kappa shape index (κ2) is 17.7. The van der Waals surface area contributed by atoms with Crippen molar-refractivity contribution in [2.45, 2.75) is 38.3 Å². The second-order valence-corrected chi connectivity index (χ2v) is 12.5. The van der Waals surface area contributed by atoms with Crippen molar-refractivity contribution in [2.75, 3.05) is 46.9 Å². The topological polar surface area (TPSA) is 129 Å². The highest BCUT2D eigenvalue weighted by Crippen LogP contribution is 2.22. The van der Waals surface area contributed by atoms with Gasteiger partial charge in [-0.3, -0.25) is 9.59 Å². The molecule has 3 amide bonds. The number of aromatic nitrogens is 2. The van der Waals surface area contributed by atoms with E-state index in [-0.39, 0.29) is 43.5 Å². The van der Waals surface area contributed by atoms with Crippen molar-refractivity contribution < 1.29 is 23.9 Å². The number of alkyl carbamates (subject to hydrolysis) is 1. The number of nitrogens with zero attached hydrogens (tertiary/aromatic N) is 3. The molecule has 254 valence electrons. The molecule has 11 nitrogen and oxygen atoms in total. The van der Waals surface area contributed by atoms with Crippen LogP contribution in [-0.4, -0.2) is 84.6 Å². The summed E-state index contributed by atoms with van der Waals surface area (Å²) in [6.45, 7) is 5.84. The molecule has 0 aliphatic heterocycles. The zero-order valence-electron chi connectivity index (χ0n) is 28.1. The van der Waals surface area contributed by atoms with E-state index in [9.17, 15) is 14.4 Å². The Hall–Kier alpha value is -5.16. The summed E-state index contributed by atoms with van der Waals surface area (Å²) in [5, 5.41) is 5.74. The van der Waals surface area contributed by atoms with E-state index in [0.717, 1.165) is 23.2 Å². The van der Waals surface area contributed by atoms with Crippen molar-refractivity contribution >= 4 is 17.9 Å². The van der Waals surface area contributed by atoms with Gasteiger partial charge in [-0.05, 0) is 42.9 Å². The maximum atomic E-state index is 14.2. The van der Waals surface area contributed by atoms with Crippen molar-refractivity contribution in [3.8, 4) is 5.75 Å². The van der Waals surface area contributed by atoms with Crippen LogP contribution in [0, 0.1) is 0 Å². The number of amides is 3. The number of aromatic amines is 1. The van der Waals surface area contributed by atoms with Crippen LogP contribution in [0.2, 0.25) is 0 Å². The fraction of sp³-hybridized carbons (Fsp3) is 0.351. The standard InChI is InChI=1S/C37H46N6O5/c1-37(2,30-13-9-6-10-14-30)26-40-34(44)24-43(23-28-15-17-31(18-16-28)47-20-19-42(3)4)35(45)32(33-22-38-27-41-33)21-39-36(46)48-25-29-11-7-5-8-12-29/h5-18,22,27,32H,19-21,23-26H2,1-4H3,(H,38,41)(H,39,46)(H,40,44)/t32-/m0/s1. The highest BCUT2D eigenvalue weighted by atomic mass is 16.5. The first-order valence-corrected chi connectivity index (χ1v) is 16.0. The van der Waals surface area contributed by atoms with Gasteiger partial charge in [0.1, 0.15) is 19.0 Å². The summed E-state index contributed by atoms with van der Waals surface area (Å²) in [6.07, 6.45) is 2.36. The molecule has 0 saturated carbocycles. The molecule has 0 unspecified atom stereocenters. The number of hydrogen-bond donors (Lipinski definition) is 3. The molecule has 0 saturated heterocycles. The summed E-state index contributed by atoms with van der Waals surface area (Å²) in [5.74, 6) is -0.784. The molecule has 48 heavy (non-hydrogen) atoms. The average Bonchev–Trinajstić information content (AvgIpc) is 3.62. The Morgan fingerprint density at radius 3 is 2.23 bits per heavy atom. The third-order valence-corrected chi connectivity index (χ3v) is 7.89. The van der Waals surface area contributed by atoms with Crippen molar-refractivity contribution in [1.82, 2.24) is 30.4 Å². The monoisotopic (exact) mass is 654 g/mol. The molecule has 11 heteroatoms. The molecule has 4 aromatic rings. The third kappa shape index (κ3) is 11.3. The van der Waals surface area contributed by atoms with Crippen LogP contribution in [0.4, 0.5) is 4.79 Å². The minimum Gasteiger partial charge on any atom is -0.492 e. The molecule has 0 radical (unpaired) electrons. The van der Waals surface area contributed by atoms with E-state index in [1.807, 2.05) is 104 Å². The van der Waals surface area contributed by atoms with Crippen molar-refractivity contribution in [3.05, 3.63) is 120 Å². The highest BCUT2D eigenvalue weighted by molar-refractivity contribution is 5.89. The van der Waals surface area contributed by atoms with Gasteiger partial charge in [0.05, 0.1) is 18.8 Å². The Balaban J connectivity index is 1.48. The molecule has 4 rings (SSSR count). The van der Waals surface area contributed by atoms with Gasteiger partial charge in [-0.2, -0.15) is 0 Å². The average molecular weight is 655 g/mol. The van der Waals surface area contributed by atoms with E-state index >= 15 is 0 Å². The van der Waals surface area contributed by atoms with Crippen LogP contribution in [0.25, 0.3) is 0 Å². The number of hydrogen-bond acceptors (Lipinski definition) is 7. The normalized spacial score (nSPS) is 11.9. The van der Waals surface area contributed by atoms with E-state index in [0.29, 0.717) is 24.6 Å². The van der Waals surface area contributed by atoms with Crippen LogP contribution in [0.5, 0.6) is 5.75 Å². The van der Waals surface area contributed by atoms with Crippen LogP contribution in [0.15, 0.2) is 97.5 Å². The minimum atomic E-state index is -0.848. The number of nitrogens with one attached hydrogen (secondary N) is 3. The van der Waals surface area contributed by atoms with Crippen LogP contribution < -0.4 is 15.4 Å². The minimum absolute atomic E-state index is 0.0630. The van der Waals surface area contributed by atoms with Gasteiger partial charge >= 0.3 is 6.09 Å². The fourth-order valence-electron chi connectivity index (χ4n) is 4.98. The Kier molecular flexibility index (Phi) is 13.1. The Labute approximate surface area is 282 Å². The smallest absolute Gasteiger partial charge is 0.407 e. The molecular formula is C37H46N6O5. The predicted molar refractivity (Wildman–Crippen MR) is 184 cm³/mol. The molecule has 1 aromatic heterocycles. The van der Waals surface area contributed by atoms with Gasteiger partial charge in [0.25, 0.3) is 0 Å². The number of rotatable bonds is 17. The van der Waals surface area contributed by atoms with Crippen LogP contribution in [0.3, 0.4) is 0 Å². The number of carbonyl (C=O) groups excluding carboxylic acids is 3. The summed E-state index contributed by atoms with van der Waals surface area (Å²) >= 11 is 0. The van der Waals surface area contributed by atoms with Crippen molar-refractivity contribution in [3.63, 3.8) is 0 Å². The Bertz CT molecular complexity index is 1560. The maximum absolute atomic E-state index is 14.2. The molecule has 0 spiro atoms. The SMILES string of the molecule is CN(C)CCOc1ccc(CN(CC(=O)NCC(C)(C)c2ccccc2)C(=O)[C@@H](CNC(=O)OCc2ccccc2)c2cnc[nH]2)cc1. The van der Waals surface area contributed by atoms with Gasteiger partial charge in [0.2, 0.25) is 11.8 Å². The van der Waals surface area contributed by atoms with E-state index < -0.39 is 12.0 Å². The van der Waals surface area contributed by atoms with Gasteiger partial charge in [0, 0.05) is 43.5 Å². The quantitative estimate of drug-likeness (QED) is 0.153. The lowest BCUT2D eigenvalue weighted by atomic mass is 9.84. The molecule has 3 aromatic carbocycles. The molecule has 0 aliphatic rings. The maximum Gasteiger partial charge on any atom is 0.407 e. The highest BCUT2D eigenvalue weighted by Gasteiger charge is 2.30. The van der Waals surface area contributed by atoms with Gasteiger partial charge in [-0.25, -0.2) is 9.78 Å². The Morgan fingerprint density at radius 2 is 1.58 bits per heavy atom. The fourth-order valence-corrected chi connectivity index (χ4v) is 4.98. The zero-order valence-corrected chi connectivity index (χ0v) is 28.1. The van der Waals surface area contributed by atoms with E-state index in [2.05, 4.69) is 34.4 Å². The number of ether oxygens (including phenoxy) is 2. The molecule has 0 fully saturated rings. The predicted octanol–water partition coefficient (Wildman–Crippen LogP) is 4.48. The second-order valence-electron chi connectivity index (χ2n) is 12.5. The number of H-pyrrole nitrogens is 1. The summed E-state index contributed by atoms with van der Waals surface area (Å²) in [7, 11) is 3.97. The van der Waals surface area contributed by atoms with Gasteiger partial charge in [0.15, 0.2) is 0 Å². The molecule has 3 N–H and O–H groups in total. The van der Waals surface area contributed by atoms with Crippen LogP contribution >= 0.6 is 0 Å². The number of benzene rings is 3. The zero-order chi connectivity index (χ0) is 34.4. The summed E-state index contributed by atoms with van der Waals surface area (Å²) in [4.78, 5) is 50.9. The number of carbonyl (C=O) groups is 3. The lowest BCUT2D eigenvalue weighted by molar-refractivity contribution is -0.138. The number of likely N-dealkylation sites (N-methyl/N-ethyl adjacent to an activating group) is 1. The molecule has 0 aliphatic carbocycles. The summed E-state index contributed by atoms with van der Waals surface area (Å²) in [6, 6.07) is 26.8. The van der Waals surface area contributed by atoms with Crippen LogP contribution in [-0.2, 0) is 32.9 Å². The lowest BCUT2D eigenvalue weighted by Crippen LogP contribution is -2.46. The van der Waals surface area contributed by atoms with Crippen molar-refractivity contribution in [1.29, 1.82) is 0 Å². The third-order valence-electron chi connectivity index (χ3n) is 7.89. The lowest BCUT2D eigenvalue weighted by Gasteiger charge is -2.29. The first-order valence-electron chi connectivity index (χ1n) is 16.0. The van der Waals surface area contributed by atoms with E-state index in [1.165, 1.54) is 11.2 Å². The first kappa shape index (κ1) is 35.7. The summed E-state index contributed by atoms with van der Waals surface area (Å²) < 4.78 is 11.2. The van der Waals surface area contributed by atoms with Gasteiger partial charge in [-0.1, -0.05) is 86.6 Å². The molecule has 1 atom stereocenters.